The Hall–Kier alpha value is -4.72. The average Bonchev–Trinajstić information content (AvgIpc) is 2.95. The van der Waals surface area contributed by atoms with Gasteiger partial charge in [-0.15, -0.1) is 0 Å². The second-order valence-corrected chi connectivity index (χ2v) is 9.66. The number of rotatable bonds is 8. The van der Waals surface area contributed by atoms with Crippen LogP contribution < -0.4 is 16.0 Å². The van der Waals surface area contributed by atoms with Crippen LogP contribution in [0.15, 0.2) is 84.9 Å². The lowest BCUT2D eigenvalue weighted by Crippen LogP contribution is -2.63. The van der Waals surface area contributed by atoms with Crippen LogP contribution in [0.1, 0.15) is 17.5 Å². The highest BCUT2D eigenvalue weighted by molar-refractivity contribution is 6.03. The van der Waals surface area contributed by atoms with Gasteiger partial charge < -0.3 is 20.7 Å². The maximum absolute atomic E-state index is 13.0. The van der Waals surface area contributed by atoms with Crippen LogP contribution in [0.2, 0.25) is 0 Å². The molecule has 4 aromatic rings. The van der Waals surface area contributed by atoms with E-state index in [1.807, 2.05) is 78.9 Å². The lowest BCUT2D eigenvalue weighted by atomic mass is 9.92. The zero-order chi connectivity index (χ0) is 27.4. The van der Waals surface area contributed by atoms with Crippen LogP contribution in [0.5, 0.6) is 0 Å². The molecule has 1 saturated heterocycles. The predicted octanol–water partition coefficient (Wildman–Crippen LogP) is 2.81. The fourth-order valence-electron chi connectivity index (χ4n) is 5.12. The molecule has 1 aliphatic heterocycles. The van der Waals surface area contributed by atoms with E-state index < -0.39 is 35.9 Å². The van der Waals surface area contributed by atoms with E-state index in [0.717, 1.165) is 32.7 Å². The normalized spacial score (nSPS) is 17.8. The molecule has 0 aliphatic carbocycles. The summed E-state index contributed by atoms with van der Waals surface area (Å²) >= 11 is 0. The number of benzene rings is 4. The van der Waals surface area contributed by atoms with Crippen molar-refractivity contribution in [1.82, 2.24) is 16.0 Å². The molecule has 39 heavy (non-hydrogen) atoms. The maximum atomic E-state index is 13.0. The molecule has 3 atom stereocenters. The van der Waals surface area contributed by atoms with E-state index in [2.05, 4.69) is 22.0 Å². The number of nitrogens with one attached hydrogen (secondary N) is 3. The number of piperazine rings is 1. The minimum absolute atomic E-state index is 0.197. The van der Waals surface area contributed by atoms with Crippen LogP contribution in [0.25, 0.3) is 21.5 Å². The molecule has 0 saturated carbocycles. The number of fused-ring (bicyclic) bond motifs is 2. The number of amides is 3. The van der Waals surface area contributed by atoms with Gasteiger partial charge in [-0.25, -0.2) is 4.79 Å². The Bertz CT molecular complexity index is 1500. The number of carbonyl (C=O) groups excluding carboxylic acids is 4. The third-order valence-electron chi connectivity index (χ3n) is 7.05. The van der Waals surface area contributed by atoms with Crippen molar-refractivity contribution < 1.29 is 23.9 Å². The van der Waals surface area contributed by atoms with E-state index in [4.69, 9.17) is 4.74 Å². The molecular weight excluding hydrogens is 494 g/mol. The van der Waals surface area contributed by atoms with Crippen molar-refractivity contribution in [2.24, 2.45) is 0 Å². The molecule has 3 amide bonds. The number of hydrogen-bond acceptors (Lipinski definition) is 5. The van der Waals surface area contributed by atoms with Crippen molar-refractivity contribution in [3.8, 4) is 0 Å². The van der Waals surface area contributed by atoms with Gasteiger partial charge in [0.25, 0.3) is 0 Å². The summed E-state index contributed by atoms with van der Waals surface area (Å²) in [5, 5.41) is 12.1. The summed E-state index contributed by atoms with van der Waals surface area (Å²) < 4.78 is 5.01. The Balaban J connectivity index is 1.31. The summed E-state index contributed by atoms with van der Waals surface area (Å²) in [6, 6.07) is 24.5. The first-order chi connectivity index (χ1) is 18.9. The summed E-state index contributed by atoms with van der Waals surface area (Å²) in [5.41, 5.74) is 1.82. The molecule has 0 spiro atoms. The van der Waals surface area contributed by atoms with Gasteiger partial charge >= 0.3 is 5.97 Å². The highest BCUT2D eigenvalue weighted by atomic mass is 16.5. The van der Waals surface area contributed by atoms with Gasteiger partial charge in [0.15, 0.2) is 0 Å². The van der Waals surface area contributed by atoms with Gasteiger partial charge in [0.05, 0.1) is 13.5 Å². The van der Waals surface area contributed by atoms with Crippen LogP contribution in [0.3, 0.4) is 0 Å². The van der Waals surface area contributed by atoms with Gasteiger partial charge in [-0.3, -0.25) is 14.4 Å². The van der Waals surface area contributed by atoms with E-state index in [9.17, 15) is 19.2 Å². The van der Waals surface area contributed by atoms with Crippen molar-refractivity contribution in [2.45, 2.75) is 37.4 Å². The molecule has 0 radical (unpaired) electrons. The van der Waals surface area contributed by atoms with Crippen LogP contribution in [0.4, 0.5) is 0 Å². The van der Waals surface area contributed by atoms with Crippen LogP contribution >= 0.6 is 0 Å². The first-order valence-electron chi connectivity index (χ1n) is 12.8. The molecule has 3 N–H and O–H groups in total. The molecule has 5 rings (SSSR count). The van der Waals surface area contributed by atoms with Gasteiger partial charge in [-0.2, -0.15) is 0 Å². The second-order valence-electron chi connectivity index (χ2n) is 9.66. The molecule has 1 fully saturated rings. The molecule has 8 heteroatoms. The van der Waals surface area contributed by atoms with E-state index in [1.54, 1.807) is 0 Å². The monoisotopic (exact) mass is 523 g/mol. The number of esters is 1. The summed E-state index contributed by atoms with van der Waals surface area (Å²) in [5.74, 6) is -1.94. The van der Waals surface area contributed by atoms with Crippen LogP contribution in [-0.2, 0) is 36.8 Å². The van der Waals surface area contributed by atoms with E-state index in [1.165, 1.54) is 7.11 Å². The molecular formula is C31H29N3O5. The summed E-state index contributed by atoms with van der Waals surface area (Å²) in [4.78, 5) is 51.2. The first-order valence-corrected chi connectivity index (χ1v) is 12.8. The van der Waals surface area contributed by atoms with Crippen molar-refractivity contribution in [1.29, 1.82) is 0 Å². The van der Waals surface area contributed by atoms with Crippen molar-refractivity contribution in [2.75, 3.05) is 7.11 Å². The molecule has 198 valence electrons. The summed E-state index contributed by atoms with van der Waals surface area (Å²) in [6.07, 6.45) is 0.239. The number of carbonyl (C=O) groups is 4. The van der Waals surface area contributed by atoms with Crippen molar-refractivity contribution >= 4 is 45.2 Å². The van der Waals surface area contributed by atoms with Gasteiger partial charge in [0.2, 0.25) is 17.7 Å². The molecule has 0 aromatic heterocycles. The van der Waals surface area contributed by atoms with Crippen molar-refractivity contribution in [3.05, 3.63) is 96.1 Å². The van der Waals surface area contributed by atoms with Crippen LogP contribution in [-0.4, -0.2) is 48.9 Å². The smallest absolute Gasteiger partial charge is 0.328 e. The number of hydrogen-bond donors (Lipinski definition) is 3. The zero-order valence-electron chi connectivity index (χ0n) is 21.5. The molecule has 0 unspecified atom stereocenters. The first kappa shape index (κ1) is 25.9. The van der Waals surface area contributed by atoms with Gasteiger partial charge in [-0.1, -0.05) is 78.9 Å². The fraction of sp³-hybridized carbons (Fsp3) is 0.226. The fourth-order valence-corrected chi connectivity index (χ4v) is 5.12. The number of methoxy groups -OCH3 is 1. The quantitative estimate of drug-likeness (QED) is 0.243. The van der Waals surface area contributed by atoms with Gasteiger partial charge in [0.1, 0.15) is 18.1 Å². The highest BCUT2D eigenvalue weighted by Gasteiger charge is 2.35. The largest absolute Gasteiger partial charge is 0.467 e. The topological polar surface area (TPSA) is 114 Å². The molecule has 1 heterocycles. The SMILES string of the molecule is COC(=O)[C@H](Cc1c2ccccc2cc2ccccc12)NC(=O)C[C@@H]1NC(=O)[C@H](Cc2ccccc2)NC1=O. The minimum Gasteiger partial charge on any atom is -0.467 e. The Morgan fingerprint density at radius 3 is 2.03 bits per heavy atom. The minimum atomic E-state index is -1.04. The Labute approximate surface area is 225 Å². The number of ether oxygens (including phenoxy) is 1. The second kappa shape index (κ2) is 11.3. The van der Waals surface area contributed by atoms with Crippen molar-refractivity contribution in [3.63, 3.8) is 0 Å². The predicted molar refractivity (Wildman–Crippen MR) is 148 cm³/mol. The van der Waals surface area contributed by atoms with Crippen LogP contribution in [0, 0.1) is 0 Å². The third kappa shape index (κ3) is 5.75. The molecule has 0 bridgehead atoms. The standard InChI is InChI=1S/C31H29N3O5/c1-39-31(38)27(17-24-22-13-7-5-11-20(22)16-21-12-6-8-14-23(21)24)32-28(35)18-26-30(37)33-25(29(36)34-26)15-19-9-3-2-4-10-19/h2-14,16,25-27H,15,17-18H2,1H3,(H,32,35)(H,33,37)(H,34,36)/t25-,26-,27-/m0/s1. The Morgan fingerprint density at radius 2 is 1.38 bits per heavy atom. The molecule has 1 aliphatic rings. The molecule has 4 aromatic carbocycles. The summed E-state index contributed by atoms with van der Waals surface area (Å²) in [6.45, 7) is 0. The summed E-state index contributed by atoms with van der Waals surface area (Å²) in [7, 11) is 1.27. The third-order valence-corrected chi connectivity index (χ3v) is 7.05. The van der Waals surface area contributed by atoms with E-state index in [0.29, 0.717) is 6.42 Å². The lowest BCUT2D eigenvalue weighted by molar-refractivity contribution is -0.145. The average molecular weight is 524 g/mol. The highest BCUT2D eigenvalue weighted by Crippen LogP contribution is 2.29. The Morgan fingerprint density at radius 1 is 0.821 bits per heavy atom. The maximum Gasteiger partial charge on any atom is 0.328 e. The molecule has 8 nitrogen and oxygen atoms in total. The Kier molecular flexibility index (Phi) is 7.54. The van der Waals surface area contributed by atoms with Gasteiger partial charge in [0, 0.05) is 12.8 Å². The zero-order valence-corrected chi connectivity index (χ0v) is 21.5. The van der Waals surface area contributed by atoms with Gasteiger partial charge in [-0.05, 0) is 38.7 Å². The van der Waals surface area contributed by atoms with E-state index >= 15 is 0 Å². The lowest BCUT2D eigenvalue weighted by Gasteiger charge is -2.29. The van der Waals surface area contributed by atoms with E-state index in [-0.39, 0.29) is 18.7 Å².